The van der Waals surface area contributed by atoms with Gasteiger partial charge in [-0.3, -0.25) is 0 Å². The summed E-state index contributed by atoms with van der Waals surface area (Å²) in [6.45, 7) is 0. The lowest BCUT2D eigenvalue weighted by Gasteiger charge is -2.10. The van der Waals surface area contributed by atoms with Crippen molar-refractivity contribution < 1.29 is 30.9 Å². The maximum Gasteiger partial charge on any atom is 0.534 e. The zero-order valence-electron chi connectivity index (χ0n) is 11.7. The molecule has 2 aromatic rings. The predicted octanol–water partition coefficient (Wildman–Crippen LogP) is 5.82. The van der Waals surface area contributed by atoms with Crippen molar-refractivity contribution in [3.8, 4) is 11.5 Å². The van der Waals surface area contributed by atoms with Gasteiger partial charge in [-0.25, -0.2) is 0 Å². The van der Waals surface area contributed by atoms with Gasteiger partial charge >= 0.3 is 15.6 Å². The molecule has 2 rings (SSSR count). The van der Waals surface area contributed by atoms with Crippen molar-refractivity contribution in [1.82, 2.24) is 0 Å². The van der Waals surface area contributed by atoms with Crippen LogP contribution in [0, 0.1) is 7.14 Å². The third-order valence-electron chi connectivity index (χ3n) is 2.29. The van der Waals surface area contributed by atoms with E-state index in [1.165, 1.54) is 12.1 Å². The molecule has 0 radical (unpaired) electrons. The van der Waals surface area contributed by atoms with Crippen LogP contribution in [0.2, 0.25) is 10.0 Å². The van der Waals surface area contributed by atoms with Gasteiger partial charge in [0, 0.05) is 7.14 Å². The molecule has 0 atom stereocenters. The van der Waals surface area contributed by atoms with Crippen molar-refractivity contribution in [3.63, 3.8) is 0 Å². The third-order valence-corrected chi connectivity index (χ3v) is 5.19. The van der Waals surface area contributed by atoms with Crippen molar-refractivity contribution in [3.05, 3.63) is 53.6 Å². The number of aromatic hydroxyl groups is 1. The van der Waals surface area contributed by atoms with E-state index in [9.17, 15) is 21.6 Å². The van der Waals surface area contributed by atoms with Gasteiger partial charge < -0.3 is 9.29 Å². The van der Waals surface area contributed by atoms with E-state index in [0.29, 0.717) is 8.59 Å². The Kier molecular flexibility index (Phi) is 8.37. The van der Waals surface area contributed by atoms with Gasteiger partial charge in [0.15, 0.2) is 5.75 Å². The van der Waals surface area contributed by atoms with Crippen LogP contribution in [0.4, 0.5) is 13.2 Å². The second kappa shape index (κ2) is 9.15. The predicted molar refractivity (Wildman–Crippen MR) is 106 cm³/mol. The molecule has 0 amide bonds. The Balaban J connectivity index is 0.000000293. The summed E-state index contributed by atoms with van der Waals surface area (Å²) in [4.78, 5) is 0. The minimum atomic E-state index is -5.67. The first-order chi connectivity index (χ1) is 11.3. The van der Waals surface area contributed by atoms with Crippen molar-refractivity contribution in [1.29, 1.82) is 0 Å². The summed E-state index contributed by atoms with van der Waals surface area (Å²) in [5, 5.41) is 9.10. The van der Waals surface area contributed by atoms with E-state index in [4.69, 9.17) is 28.3 Å². The average Bonchev–Trinajstić information content (AvgIpc) is 2.46. The van der Waals surface area contributed by atoms with Crippen LogP contribution in [0.1, 0.15) is 0 Å². The number of alkyl halides is 3. The van der Waals surface area contributed by atoms with Crippen LogP contribution in [0.5, 0.6) is 11.5 Å². The van der Waals surface area contributed by atoms with Gasteiger partial charge in [-0.2, -0.15) is 21.6 Å². The molecule has 4 nitrogen and oxygen atoms in total. The fraction of sp³-hybridized carbons (Fsp3) is 0.0769. The maximum atomic E-state index is 12.0. The summed E-state index contributed by atoms with van der Waals surface area (Å²) < 4.78 is 62.7. The quantitative estimate of drug-likeness (QED) is 0.255. The molecule has 0 unspecified atom stereocenters. The molecular formula is C13H7Cl2F3I2O4S. The largest absolute Gasteiger partial charge is 0.534 e. The first kappa shape index (κ1) is 22.9. The van der Waals surface area contributed by atoms with Gasteiger partial charge in [0.25, 0.3) is 0 Å². The van der Waals surface area contributed by atoms with Crippen LogP contribution in [0.25, 0.3) is 0 Å². The van der Waals surface area contributed by atoms with Gasteiger partial charge in [-0.15, -0.1) is 0 Å². The number of phenolic OH excluding ortho intramolecular Hbond substituents is 1. The smallest absolute Gasteiger partial charge is 0.506 e. The van der Waals surface area contributed by atoms with Crippen LogP contribution < -0.4 is 4.18 Å². The normalized spacial score (nSPS) is 11.5. The Morgan fingerprint density at radius 1 is 0.960 bits per heavy atom. The van der Waals surface area contributed by atoms with Crippen LogP contribution in [-0.4, -0.2) is 19.0 Å². The summed E-state index contributed by atoms with van der Waals surface area (Å²) in [6.07, 6.45) is 0. The van der Waals surface area contributed by atoms with Gasteiger partial charge in [-0.1, -0.05) is 23.2 Å². The van der Waals surface area contributed by atoms with Crippen LogP contribution in [0.3, 0.4) is 0 Å². The highest BCUT2D eigenvalue weighted by Crippen LogP contribution is 2.32. The van der Waals surface area contributed by atoms with Crippen LogP contribution >= 0.6 is 68.4 Å². The Bertz CT molecular complexity index is 861. The fourth-order valence-corrected chi connectivity index (χ4v) is 3.46. The number of phenols is 1. The van der Waals surface area contributed by atoms with Gasteiger partial charge in [-0.05, 0) is 81.6 Å². The first-order valence-corrected chi connectivity index (χ1v) is 10.3. The molecule has 0 saturated heterocycles. The molecule has 25 heavy (non-hydrogen) atoms. The lowest BCUT2D eigenvalue weighted by molar-refractivity contribution is -0.0500. The molecule has 0 aliphatic heterocycles. The topological polar surface area (TPSA) is 63.6 Å². The monoisotopic (exact) mass is 640 g/mol. The van der Waals surface area contributed by atoms with Crippen LogP contribution in [-0.2, 0) is 10.1 Å². The van der Waals surface area contributed by atoms with E-state index >= 15 is 0 Å². The van der Waals surface area contributed by atoms with E-state index in [1.54, 1.807) is 18.2 Å². The molecule has 0 saturated carbocycles. The average molecular weight is 641 g/mol. The van der Waals surface area contributed by atoms with Crippen molar-refractivity contribution in [2.45, 2.75) is 5.51 Å². The van der Waals surface area contributed by atoms with E-state index < -0.39 is 21.4 Å². The Morgan fingerprint density at radius 2 is 1.44 bits per heavy atom. The Labute approximate surface area is 178 Å². The molecule has 0 heterocycles. The number of halogens is 7. The van der Waals surface area contributed by atoms with E-state index in [-0.39, 0.29) is 10.8 Å². The third kappa shape index (κ3) is 7.15. The summed E-state index contributed by atoms with van der Waals surface area (Å²) >= 11 is 15.1. The highest BCUT2D eigenvalue weighted by Gasteiger charge is 2.48. The van der Waals surface area contributed by atoms with E-state index in [1.807, 2.05) is 22.6 Å². The highest BCUT2D eigenvalue weighted by atomic mass is 127. The molecule has 1 N–H and O–H groups in total. The van der Waals surface area contributed by atoms with Crippen LogP contribution in [0.15, 0.2) is 36.4 Å². The first-order valence-electron chi connectivity index (χ1n) is 5.93. The fourth-order valence-electron chi connectivity index (χ4n) is 1.19. The summed E-state index contributed by atoms with van der Waals surface area (Å²) in [6, 6.07) is 8.77. The number of rotatable bonds is 2. The molecule has 0 bridgehead atoms. The zero-order chi connectivity index (χ0) is 19.4. The summed E-state index contributed by atoms with van der Waals surface area (Å²) in [5.41, 5.74) is -5.47. The molecule has 2 aromatic carbocycles. The van der Waals surface area contributed by atoms with Crippen molar-refractivity contribution >= 4 is 78.5 Å². The molecule has 12 heteroatoms. The molecule has 0 aliphatic rings. The molecule has 0 aromatic heterocycles. The molecule has 0 aliphatic carbocycles. The SMILES string of the molecule is O=S(=O)(Oc1ccc(I)cc1Cl)C(F)(F)F.Oc1ccc(I)cc1Cl. The number of hydrogen-bond acceptors (Lipinski definition) is 4. The minimum absolute atomic E-state index is 0.136. The zero-order valence-corrected chi connectivity index (χ0v) is 18.3. The van der Waals surface area contributed by atoms with E-state index in [2.05, 4.69) is 26.8 Å². The lowest BCUT2D eigenvalue weighted by Crippen LogP contribution is -2.28. The van der Waals surface area contributed by atoms with E-state index in [0.717, 1.165) is 9.64 Å². The van der Waals surface area contributed by atoms with Gasteiger partial charge in [0.2, 0.25) is 0 Å². The maximum absolute atomic E-state index is 12.0. The Morgan fingerprint density at radius 3 is 1.84 bits per heavy atom. The lowest BCUT2D eigenvalue weighted by atomic mass is 10.3. The minimum Gasteiger partial charge on any atom is -0.506 e. The molecule has 0 spiro atoms. The second-order valence-corrected chi connectivity index (χ2v) is 9.00. The van der Waals surface area contributed by atoms with Crippen molar-refractivity contribution in [2.75, 3.05) is 0 Å². The van der Waals surface area contributed by atoms with Crippen molar-refractivity contribution in [2.24, 2.45) is 0 Å². The second-order valence-electron chi connectivity index (χ2n) is 4.15. The highest BCUT2D eigenvalue weighted by molar-refractivity contribution is 14.1. The Hall–Kier alpha value is -0.180. The molecular weight excluding hydrogens is 634 g/mol. The molecule has 0 fully saturated rings. The van der Waals surface area contributed by atoms with Gasteiger partial charge in [0.1, 0.15) is 5.75 Å². The molecule has 138 valence electrons. The number of benzene rings is 2. The van der Waals surface area contributed by atoms with Gasteiger partial charge in [0.05, 0.1) is 10.0 Å². The standard InChI is InChI=1S/C7H3ClF3IO3S.C6H4ClIO/c8-5-3-4(12)1-2-6(5)15-16(13,14)7(9,10)11;7-5-3-4(8)1-2-6(5)9/h1-3H;1-3,9H. The summed E-state index contributed by atoms with van der Waals surface area (Å²) in [5.74, 6) is -0.420. The number of hydrogen-bond donors (Lipinski definition) is 1. The summed E-state index contributed by atoms with van der Waals surface area (Å²) in [7, 11) is -5.67.